The Kier molecular flexibility index (Phi) is 4.74. The van der Waals surface area contributed by atoms with E-state index >= 15 is 0 Å². The van der Waals surface area contributed by atoms with Gasteiger partial charge in [-0.15, -0.1) is 0 Å². The van der Waals surface area contributed by atoms with Crippen LogP contribution in [0.15, 0.2) is 5.16 Å². The fourth-order valence-electron chi connectivity index (χ4n) is 2.17. The molecule has 98 valence electrons. The minimum Gasteiger partial charge on any atom is -0.409 e. The number of amides is 1. The van der Waals surface area contributed by atoms with Gasteiger partial charge in [-0.3, -0.25) is 4.79 Å². The third-order valence-corrected chi connectivity index (χ3v) is 3.08. The van der Waals surface area contributed by atoms with Crippen molar-refractivity contribution in [1.29, 1.82) is 0 Å². The molecule has 4 N–H and O–H groups in total. The lowest BCUT2D eigenvalue weighted by Crippen LogP contribution is -2.49. The molecule has 0 aromatic carbocycles. The first-order chi connectivity index (χ1) is 7.97. The lowest BCUT2D eigenvalue weighted by atomic mass is 9.92. The number of aliphatic hydroxyl groups is 1. The number of carbonyl (C=O) groups is 1. The zero-order chi connectivity index (χ0) is 13.0. The van der Waals surface area contributed by atoms with Crippen molar-refractivity contribution in [2.75, 3.05) is 13.1 Å². The molecule has 0 aliphatic carbocycles. The van der Waals surface area contributed by atoms with E-state index in [0.29, 0.717) is 13.1 Å². The van der Waals surface area contributed by atoms with Gasteiger partial charge in [-0.05, 0) is 18.8 Å². The molecule has 0 spiro atoms. The van der Waals surface area contributed by atoms with E-state index in [1.807, 2.05) is 13.8 Å². The van der Waals surface area contributed by atoms with Crippen molar-refractivity contribution in [3.63, 3.8) is 0 Å². The van der Waals surface area contributed by atoms with Crippen LogP contribution in [0.1, 0.15) is 26.7 Å². The Balaban J connectivity index is 2.77. The summed E-state index contributed by atoms with van der Waals surface area (Å²) < 4.78 is 0. The van der Waals surface area contributed by atoms with Crippen molar-refractivity contribution >= 4 is 11.7 Å². The summed E-state index contributed by atoms with van der Waals surface area (Å²) in [6.07, 6.45) is 1.04. The summed E-state index contributed by atoms with van der Waals surface area (Å²) >= 11 is 0. The van der Waals surface area contributed by atoms with Crippen LogP contribution >= 0.6 is 0 Å². The molecule has 0 aromatic rings. The van der Waals surface area contributed by atoms with Crippen LogP contribution in [0.4, 0.5) is 0 Å². The Morgan fingerprint density at radius 2 is 2.18 bits per heavy atom. The molecule has 1 aliphatic rings. The summed E-state index contributed by atoms with van der Waals surface area (Å²) in [5.74, 6) is -0.901. The van der Waals surface area contributed by atoms with E-state index in [9.17, 15) is 9.90 Å². The van der Waals surface area contributed by atoms with E-state index < -0.39 is 12.0 Å². The summed E-state index contributed by atoms with van der Waals surface area (Å²) in [5.41, 5.74) is 5.55. The lowest BCUT2D eigenvalue weighted by Gasteiger charge is -2.33. The van der Waals surface area contributed by atoms with Crippen LogP contribution in [0.3, 0.4) is 0 Å². The molecule has 6 nitrogen and oxygen atoms in total. The van der Waals surface area contributed by atoms with Crippen molar-refractivity contribution in [2.45, 2.75) is 32.8 Å². The molecule has 0 radical (unpaired) electrons. The van der Waals surface area contributed by atoms with Crippen LogP contribution in [0, 0.1) is 11.8 Å². The summed E-state index contributed by atoms with van der Waals surface area (Å²) in [6, 6.07) is 0. The van der Waals surface area contributed by atoms with Gasteiger partial charge in [0.05, 0.1) is 6.10 Å². The van der Waals surface area contributed by atoms with E-state index in [0.717, 1.165) is 12.8 Å². The number of β-amino-alcohol motifs (C(OH)–C–C–N with tert-alkyl or cyclic N) is 1. The van der Waals surface area contributed by atoms with Gasteiger partial charge in [0.1, 0.15) is 5.92 Å². The zero-order valence-electron chi connectivity index (χ0n) is 10.3. The molecule has 0 aromatic heterocycles. The summed E-state index contributed by atoms with van der Waals surface area (Å²) in [4.78, 5) is 13.8. The molecular formula is C11H21N3O3. The van der Waals surface area contributed by atoms with Gasteiger partial charge >= 0.3 is 0 Å². The van der Waals surface area contributed by atoms with E-state index in [1.165, 1.54) is 0 Å². The Hall–Kier alpha value is -1.30. The molecule has 2 unspecified atom stereocenters. The standard InChI is InChI=1S/C11H21N3O3/c1-7(2)9(10(12)13-17)11(16)14-5-3-4-8(15)6-14/h7-9,15,17H,3-6H2,1-2H3,(H2,12,13). The van der Waals surface area contributed by atoms with Crippen LogP contribution in [-0.4, -0.2) is 46.1 Å². The minimum atomic E-state index is -0.620. The van der Waals surface area contributed by atoms with Gasteiger partial charge in [0.25, 0.3) is 0 Å². The molecule has 2 atom stereocenters. The van der Waals surface area contributed by atoms with E-state index in [1.54, 1.807) is 4.90 Å². The minimum absolute atomic E-state index is 0.0440. The second kappa shape index (κ2) is 5.86. The van der Waals surface area contributed by atoms with E-state index in [4.69, 9.17) is 10.9 Å². The SMILES string of the molecule is CC(C)C(C(=O)N1CCCC(O)C1)C(N)=NO. The number of rotatable bonds is 3. The first-order valence-electron chi connectivity index (χ1n) is 5.91. The molecule has 1 amide bonds. The maximum atomic E-state index is 12.2. The molecule has 1 rings (SSSR count). The Morgan fingerprint density at radius 1 is 1.53 bits per heavy atom. The second-order valence-corrected chi connectivity index (χ2v) is 4.83. The lowest BCUT2D eigenvalue weighted by molar-refractivity contribution is -0.137. The number of aliphatic hydroxyl groups excluding tert-OH is 1. The smallest absolute Gasteiger partial charge is 0.233 e. The number of hydrogen-bond donors (Lipinski definition) is 3. The Bertz CT molecular complexity index is 304. The summed E-state index contributed by atoms with van der Waals surface area (Å²) in [7, 11) is 0. The van der Waals surface area contributed by atoms with Gasteiger partial charge in [0.2, 0.25) is 5.91 Å². The fraction of sp³-hybridized carbons (Fsp3) is 0.818. The molecule has 1 fully saturated rings. The maximum Gasteiger partial charge on any atom is 0.233 e. The Labute approximate surface area is 101 Å². The van der Waals surface area contributed by atoms with Crippen LogP contribution in [0.5, 0.6) is 0 Å². The van der Waals surface area contributed by atoms with E-state index in [2.05, 4.69) is 5.16 Å². The van der Waals surface area contributed by atoms with Gasteiger partial charge < -0.3 is 20.9 Å². The molecule has 6 heteroatoms. The molecular weight excluding hydrogens is 222 g/mol. The predicted molar refractivity (Wildman–Crippen MR) is 63.6 cm³/mol. The first-order valence-corrected chi connectivity index (χ1v) is 5.91. The fourth-order valence-corrected chi connectivity index (χ4v) is 2.17. The van der Waals surface area contributed by atoms with Crippen molar-refractivity contribution in [2.24, 2.45) is 22.7 Å². The number of amidine groups is 1. The van der Waals surface area contributed by atoms with Gasteiger partial charge in [0.15, 0.2) is 5.84 Å². The van der Waals surface area contributed by atoms with Gasteiger partial charge in [-0.25, -0.2) is 0 Å². The number of piperidine rings is 1. The number of carbonyl (C=O) groups excluding carboxylic acids is 1. The monoisotopic (exact) mass is 243 g/mol. The molecule has 17 heavy (non-hydrogen) atoms. The molecule has 1 saturated heterocycles. The first kappa shape index (κ1) is 13.8. The average molecular weight is 243 g/mol. The van der Waals surface area contributed by atoms with Crippen LogP contribution in [0.2, 0.25) is 0 Å². The van der Waals surface area contributed by atoms with Gasteiger partial charge in [0, 0.05) is 13.1 Å². The van der Waals surface area contributed by atoms with Crippen molar-refractivity contribution in [1.82, 2.24) is 4.90 Å². The average Bonchev–Trinajstić information content (AvgIpc) is 2.28. The molecule has 0 saturated carbocycles. The largest absolute Gasteiger partial charge is 0.409 e. The second-order valence-electron chi connectivity index (χ2n) is 4.83. The van der Waals surface area contributed by atoms with Crippen molar-refractivity contribution in [3.8, 4) is 0 Å². The van der Waals surface area contributed by atoms with Crippen LogP contribution in [-0.2, 0) is 4.79 Å². The highest BCUT2D eigenvalue weighted by Crippen LogP contribution is 2.18. The number of likely N-dealkylation sites (tertiary alicyclic amines) is 1. The van der Waals surface area contributed by atoms with E-state index in [-0.39, 0.29) is 17.7 Å². The molecule has 1 heterocycles. The highest BCUT2D eigenvalue weighted by molar-refractivity contribution is 6.02. The summed E-state index contributed by atoms with van der Waals surface area (Å²) in [6.45, 7) is 4.65. The predicted octanol–water partition coefficient (Wildman–Crippen LogP) is -0.0117. The third-order valence-electron chi connectivity index (χ3n) is 3.08. The third kappa shape index (κ3) is 3.33. The van der Waals surface area contributed by atoms with Crippen LogP contribution in [0.25, 0.3) is 0 Å². The summed E-state index contributed by atoms with van der Waals surface area (Å²) in [5, 5.41) is 21.2. The molecule has 0 bridgehead atoms. The number of nitrogens with two attached hydrogens (primary N) is 1. The van der Waals surface area contributed by atoms with Crippen molar-refractivity contribution < 1.29 is 15.1 Å². The topological polar surface area (TPSA) is 99.2 Å². The number of hydrogen-bond acceptors (Lipinski definition) is 4. The van der Waals surface area contributed by atoms with Crippen LogP contribution < -0.4 is 5.73 Å². The van der Waals surface area contributed by atoms with Gasteiger partial charge in [-0.1, -0.05) is 19.0 Å². The normalized spacial score (nSPS) is 23.9. The molecule has 1 aliphatic heterocycles. The van der Waals surface area contributed by atoms with Gasteiger partial charge in [-0.2, -0.15) is 0 Å². The maximum absolute atomic E-state index is 12.2. The zero-order valence-corrected chi connectivity index (χ0v) is 10.3. The highest BCUT2D eigenvalue weighted by Gasteiger charge is 2.32. The number of oxime groups is 1. The quantitative estimate of drug-likeness (QED) is 0.281. The highest BCUT2D eigenvalue weighted by atomic mass is 16.4. The Morgan fingerprint density at radius 3 is 2.65 bits per heavy atom. The number of nitrogens with zero attached hydrogens (tertiary/aromatic N) is 2. The van der Waals surface area contributed by atoms with Crippen molar-refractivity contribution in [3.05, 3.63) is 0 Å².